The number of piperazine rings is 1. The Morgan fingerprint density at radius 2 is 1.84 bits per heavy atom. The molecule has 0 bridgehead atoms. The van der Waals surface area contributed by atoms with Gasteiger partial charge in [0.25, 0.3) is 0 Å². The molecule has 0 unspecified atom stereocenters. The van der Waals surface area contributed by atoms with E-state index >= 15 is 0 Å². The Balaban J connectivity index is 1.33. The molecule has 8 nitrogen and oxygen atoms in total. The van der Waals surface area contributed by atoms with E-state index in [0.29, 0.717) is 43.1 Å². The summed E-state index contributed by atoms with van der Waals surface area (Å²) in [4.78, 5) is 21.7. The van der Waals surface area contributed by atoms with Crippen LogP contribution in [0.25, 0.3) is 11.0 Å². The van der Waals surface area contributed by atoms with E-state index in [1.54, 1.807) is 18.3 Å². The smallest absolute Gasteiger partial charge is 0.245 e. The molecule has 3 aromatic rings. The van der Waals surface area contributed by atoms with Crippen LogP contribution in [0.5, 0.6) is 0 Å². The third kappa shape index (κ3) is 4.63. The first kappa shape index (κ1) is 21.5. The summed E-state index contributed by atoms with van der Waals surface area (Å²) < 4.78 is 27.6. The van der Waals surface area contributed by atoms with Gasteiger partial charge < -0.3 is 10.3 Å². The molecule has 1 aliphatic rings. The standard InChI is InChI=1S/C22H27N5O3S/c1-16(2)17-5-7-18(8-6-17)25-21(28)15-26-10-12-27(13-11-26)31(29,30)20-14-24-22-19(20)4-3-9-23-22/h3-9,14,16H,10-13,15H2,1-2H3,(H,23,24)(H,25,28). The molecule has 0 saturated carbocycles. The highest BCUT2D eigenvalue weighted by Gasteiger charge is 2.31. The van der Waals surface area contributed by atoms with Crippen LogP contribution in [0.1, 0.15) is 25.3 Å². The van der Waals surface area contributed by atoms with Crippen molar-refractivity contribution in [2.45, 2.75) is 24.7 Å². The normalized spacial score (nSPS) is 16.1. The molecule has 1 amide bonds. The molecule has 3 heterocycles. The lowest BCUT2D eigenvalue weighted by atomic mass is 10.0. The fourth-order valence-electron chi connectivity index (χ4n) is 3.77. The summed E-state index contributed by atoms with van der Waals surface area (Å²) in [5.41, 5.74) is 2.54. The molecule has 0 atom stereocenters. The fourth-order valence-corrected chi connectivity index (χ4v) is 5.34. The number of H-pyrrole nitrogens is 1. The van der Waals surface area contributed by atoms with Gasteiger partial charge in [0.05, 0.1) is 6.54 Å². The van der Waals surface area contributed by atoms with Gasteiger partial charge in [-0.3, -0.25) is 9.69 Å². The van der Waals surface area contributed by atoms with Crippen LogP contribution < -0.4 is 5.32 Å². The molecule has 4 rings (SSSR count). The minimum atomic E-state index is -3.62. The number of aromatic amines is 1. The number of nitrogens with one attached hydrogen (secondary N) is 2. The summed E-state index contributed by atoms with van der Waals surface area (Å²) in [6.45, 7) is 6.17. The van der Waals surface area contributed by atoms with Crippen LogP contribution in [-0.2, 0) is 14.8 Å². The zero-order valence-electron chi connectivity index (χ0n) is 17.7. The van der Waals surface area contributed by atoms with Crippen molar-refractivity contribution >= 4 is 32.7 Å². The molecular formula is C22H27N5O3S. The number of hydrogen-bond acceptors (Lipinski definition) is 5. The van der Waals surface area contributed by atoms with Gasteiger partial charge in [0.15, 0.2) is 0 Å². The molecule has 1 aromatic carbocycles. The molecule has 1 saturated heterocycles. The first-order chi connectivity index (χ1) is 14.8. The fraction of sp³-hybridized carbons (Fsp3) is 0.364. The minimum Gasteiger partial charge on any atom is -0.345 e. The van der Waals surface area contributed by atoms with Gasteiger partial charge in [-0.1, -0.05) is 26.0 Å². The van der Waals surface area contributed by atoms with Crippen LogP contribution in [0, 0.1) is 0 Å². The third-order valence-corrected chi connectivity index (χ3v) is 7.53. The second-order valence-corrected chi connectivity index (χ2v) is 9.96. The average Bonchev–Trinajstić information content (AvgIpc) is 3.19. The van der Waals surface area contributed by atoms with Crippen molar-refractivity contribution in [2.24, 2.45) is 0 Å². The molecule has 2 N–H and O–H groups in total. The predicted octanol–water partition coefficient (Wildman–Crippen LogP) is 2.63. The SMILES string of the molecule is CC(C)c1ccc(NC(=O)CN2CCN(S(=O)(=O)c3c[nH]c4ncccc34)CC2)cc1. The van der Waals surface area contributed by atoms with Gasteiger partial charge >= 0.3 is 0 Å². The maximum atomic E-state index is 13.1. The monoisotopic (exact) mass is 441 g/mol. The van der Waals surface area contributed by atoms with E-state index in [-0.39, 0.29) is 17.3 Å². The summed E-state index contributed by atoms with van der Waals surface area (Å²) in [5.74, 6) is 0.342. The van der Waals surface area contributed by atoms with Gasteiger partial charge in [0.2, 0.25) is 15.9 Å². The number of nitrogens with zero attached hydrogens (tertiary/aromatic N) is 3. The number of sulfonamides is 1. The number of amides is 1. The predicted molar refractivity (Wildman–Crippen MR) is 120 cm³/mol. The largest absolute Gasteiger partial charge is 0.345 e. The van der Waals surface area contributed by atoms with Gasteiger partial charge in [-0.05, 0) is 35.7 Å². The zero-order chi connectivity index (χ0) is 22.0. The lowest BCUT2D eigenvalue weighted by Crippen LogP contribution is -2.50. The Morgan fingerprint density at radius 3 is 2.52 bits per heavy atom. The second-order valence-electron chi connectivity index (χ2n) is 8.06. The second kappa shape index (κ2) is 8.78. The van der Waals surface area contributed by atoms with E-state index in [4.69, 9.17) is 0 Å². The van der Waals surface area contributed by atoms with Crippen LogP contribution in [0.2, 0.25) is 0 Å². The summed E-state index contributed by atoms with van der Waals surface area (Å²) in [6.07, 6.45) is 3.12. The Hall–Kier alpha value is -2.75. The molecule has 9 heteroatoms. The van der Waals surface area contributed by atoms with Crippen molar-refractivity contribution in [3.63, 3.8) is 0 Å². The molecule has 0 spiro atoms. The number of carbonyl (C=O) groups excluding carboxylic acids is 1. The number of hydrogen-bond donors (Lipinski definition) is 2. The van der Waals surface area contributed by atoms with Crippen molar-refractivity contribution in [1.82, 2.24) is 19.2 Å². The molecule has 2 aromatic heterocycles. The summed E-state index contributed by atoms with van der Waals surface area (Å²) in [7, 11) is -3.62. The number of carbonyl (C=O) groups is 1. The summed E-state index contributed by atoms with van der Waals surface area (Å²) >= 11 is 0. The lowest BCUT2D eigenvalue weighted by molar-refractivity contribution is -0.117. The summed E-state index contributed by atoms with van der Waals surface area (Å²) in [6, 6.07) is 11.3. The Bertz CT molecular complexity index is 1160. The lowest BCUT2D eigenvalue weighted by Gasteiger charge is -2.33. The molecule has 164 valence electrons. The van der Waals surface area contributed by atoms with E-state index in [0.717, 1.165) is 5.69 Å². The van der Waals surface area contributed by atoms with Crippen molar-refractivity contribution < 1.29 is 13.2 Å². The van der Waals surface area contributed by atoms with Gasteiger partial charge in [-0.2, -0.15) is 4.31 Å². The minimum absolute atomic E-state index is 0.101. The Kier molecular flexibility index (Phi) is 6.08. The van der Waals surface area contributed by atoms with Gasteiger partial charge in [0.1, 0.15) is 10.5 Å². The Labute approximate surface area is 182 Å². The number of fused-ring (bicyclic) bond motifs is 1. The average molecular weight is 442 g/mol. The summed E-state index contributed by atoms with van der Waals surface area (Å²) in [5, 5.41) is 3.51. The van der Waals surface area contributed by atoms with Crippen LogP contribution in [-0.4, -0.2) is 66.2 Å². The number of benzene rings is 1. The quantitative estimate of drug-likeness (QED) is 0.613. The van der Waals surface area contributed by atoms with Crippen molar-refractivity contribution in [3.8, 4) is 0 Å². The van der Waals surface area contributed by atoms with E-state index in [1.807, 2.05) is 29.2 Å². The van der Waals surface area contributed by atoms with Crippen LogP contribution >= 0.6 is 0 Å². The Morgan fingerprint density at radius 1 is 1.13 bits per heavy atom. The van der Waals surface area contributed by atoms with E-state index in [9.17, 15) is 13.2 Å². The maximum Gasteiger partial charge on any atom is 0.245 e. The molecule has 0 radical (unpaired) electrons. The maximum absolute atomic E-state index is 13.1. The van der Waals surface area contributed by atoms with Gasteiger partial charge in [-0.15, -0.1) is 0 Å². The van der Waals surface area contributed by atoms with Gasteiger partial charge in [0, 0.05) is 49.6 Å². The van der Waals surface area contributed by atoms with Crippen LogP contribution in [0.15, 0.2) is 53.7 Å². The molecule has 1 fully saturated rings. The van der Waals surface area contributed by atoms with E-state index < -0.39 is 10.0 Å². The van der Waals surface area contributed by atoms with Gasteiger partial charge in [-0.25, -0.2) is 13.4 Å². The molecule has 1 aliphatic heterocycles. The highest BCUT2D eigenvalue weighted by molar-refractivity contribution is 7.89. The topological polar surface area (TPSA) is 98.4 Å². The number of pyridine rings is 1. The number of anilines is 1. The molecular weight excluding hydrogens is 414 g/mol. The number of aromatic nitrogens is 2. The van der Waals surface area contributed by atoms with E-state index in [1.165, 1.54) is 16.1 Å². The zero-order valence-corrected chi connectivity index (χ0v) is 18.5. The van der Waals surface area contributed by atoms with Crippen molar-refractivity contribution in [2.75, 3.05) is 38.0 Å². The molecule has 0 aliphatic carbocycles. The molecule has 31 heavy (non-hydrogen) atoms. The van der Waals surface area contributed by atoms with Crippen LogP contribution in [0.4, 0.5) is 5.69 Å². The number of rotatable bonds is 6. The van der Waals surface area contributed by atoms with Crippen molar-refractivity contribution in [3.05, 3.63) is 54.4 Å². The highest BCUT2D eigenvalue weighted by Crippen LogP contribution is 2.25. The first-order valence-electron chi connectivity index (χ1n) is 10.4. The third-order valence-electron chi connectivity index (χ3n) is 5.59. The van der Waals surface area contributed by atoms with Crippen molar-refractivity contribution in [1.29, 1.82) is 0 Å². The van der Waals surface area contributed by atoms with Crippen LogP contribution in [0.3, 0.4) is 0 Å². The highest BCUT2D eigenvalue weighted by atomic mass is 32.2. The van der Waals surface area contributed by atoms with E-state index in [2.05, 4.69) is 29.1 Å². The first-order valence-corrected chi connectivity index (χ1v) is 11.8.